The van der Waals surface area contributed by atoms with Gasteiger partial charge in [-0.1, -0.05) is 13.0 Å². The molecular weight excluding hydrogens is 392 g/mol. The predicted octanol–water partition coefficient (Wildman–Crippen LogP) is 1.75. The van der Waals surface area contributed by atoms with Crippen LogP contribution in [0, 0.1) is 11.8 Å². The lowest BCUT2D eigenvalue weighted by molar-refractivity contribution is -0.151. The maximum atomic E-state index is 13.8. The number of amides is 2. The number of carboxylic acid groups (broad SMARTS) is 1. The summed E-state index contributed by atoms with van der Waals surface area (Å²) in [6.07, 6.45) is 3.45. The second-order valence-corrected chi connectivity index (χ2v) is 10.8. The molecule has 3 fully saturated rings. The summed E-state index contributed by atoms with van der Waals surface area (Å²) in [6.45, 7) is 11.5. The number of thioether (sulfide) groups is 1. The van der Waals surface area contributed by atoms with Crippen molar-refractivity contribution in [2.45, 2.75) is 74.6 Å². The van der Waals surface area contributed by atoms with Crippen LogP contribution in [0.15, 0.2) is 12.7 Å². The zero-order valence-corrected chi connectivity index (χ0v) is 18.4. The first-order valence-electron chi connectivity index (χ1n) is 10.4. The third-order valence-electron chi connectivity index (χ3n) is 7.02. The Bertz CT molecular complexity index is 724. The first kappa shape index (κ1) is 22.2. The van der Waals surface area contributed by atoms with Crippen LogP contribution in [0.4, 0.5) is 0 Å². The fourth-order valence-electron chi connectivity index (χ4n) is 5.68. The molecule has 7 nitrogen and oxygen atoms in total. The van der Waals surface area contributed by atoms with Crippen molar-refractivity contribution < 1.29 is 24.6 Å². The van der Waals surface area contributed by atoms with E-state index in [1.54, 1.807) is 11.0 Å². The van der Waals surface area contributed by atoms with Gasteiger partial charge in [-0.3, -0.25) is 14.4 Å². The summed E-state index contributed by atoms with van der Waals surface area (Å²) in [5, 5.41) is 19.9. The second kappa shape index (κ2) is 7.61. The summed E-state index contributed by atoms with van der Waals surface area (Å²) in [4.78, 5) is 42.8. The van der Waals surface area contributed by atoms with Gasteiger partial charge in [-0.2, -0.15) is 0 Å². The van der Waals surface area contributed by atoms with Gasteiger partial charge in [-0.15, -0.1) is 18.3 Å². The molecule has 3 heterocycles. The highest BCUT2D eigenvalue weighted by Gasteiger charge is 2.78. The molecule has 0 radical (unpaired) electrons. The fraction of sp³-hybridized carbons (Fsp3) is 0.762. The van der Waals surface area contributed by atoms with Crippen molar-refractivity contribution in [1.29, 1.82) is 0 Å². The second-order valence-electron chi connectivity index (χ2n) is 8.93. The molecule has 2 amide bonds. The number of likely N-dealkylation sites (tertiary alicyclic amines) is 1. The lowest BCUT2D eigenvalue weighted by Crippen LogP contribution is -2.58. The number of carbonyl (C=O) groups excluding carboxylic acids is 2. The molecule has 29 heavy (non-hydrogen) atoms. The smallest absolute Gasteiger partial charge is 0.308 e. The summed E-state index contributed by atoms with van der Waals surface area (Å²) in [7, 11) is 0. The number of carboxylic acids is 1. The van der Waals surface area contributed by atoms with E-state index in [-0.39, 0.29) is 24.5 Å². The molecule has 3 aliphatic rings. The summed E-state index contributed by atoms with van der Waals surface area (Å²) in [5.41, 5.74) is 0. The van der Waals surface area contributed by atoms with Gasteiger partial charge in [0, 0.05) is 17.3 Å². The highest BCUT2D eigenvalue weighted by atomic mass is 32.2. The number of hydrogen-bond donors (Lipinski definition) is 2. The minimum absolute atomic E-state index is 0.0865. The Morgan fingerprint density at radius 3 is 2.55 bits per heavy atom. The summed E-state index contributed by atoms with van der Waals surface area (Å²) >= 11 is 1.52. The first-order valence-corrected chi connectivity index (χ1v) is 11.2. The SMILES string of the molecule is C=CCN(C(=O)C1N([C@@H](CC)CO)C(=O)[C@@H]2[C@H](C(=O)O)[C@]3(C)CCC12S3)C(C)C. The highest BCUT2D eigenvalue weighted by molar-refractivity contribution is 8.02. The largest absolute Gasteiger partial charge is 0.481 e. The van der Waals surface area contributed by atoms with Crippen LogP contribution in [-0.2, 0) is 14.4 Å². The van der Waals surface area contributed by atoms with Crippen LogP contribution < -0.4 is 0 Å². The van der Waals surface area contributed by atoms with E-state index in [0.29, 0.717) is 25.8 Å². The summed E-state index contributed by atoms with van der Waals surface area (Å²) in [5.74, 6) is -3.01. The molecule has 6 atom stereocenters. The highest BCUT2D eigenvalue weighted by Crippen LogP contribution is 2.71. The molecule has 0 aromatic carbocycles. The minimum atomic E-state index is -0.975. The van der Waals surface area contributed by atoms with Crippen molar-refractivity contribution in [2.75, 3.05) is 13.2 Å². The third-order valence-corrected chi connectivity index (χ3v) is 9.01. The molecule has 0 saturated carbocycles. The molecular formula is C21H32N2O5S. The lowest BCUT2D eigenvalue weighted by atomic mass is 9.66. The van der Waals surface area contributed by atoms with Gasteiger partial charge in [0.1, 0.15) is 6.04 Å². The van der Waals surface area contributed by atoms with E-state index in [2.05, 4.69) is 6.58 Å². The van der Waals surface area contributed by atoms with E-state index in [1.807, 2.05) is 27.7 Å². The van der Waals surface area contributed by atoms with Gasteiger partial charge >= 0.3 is 5.97 Å². The maximum absolute atomic E-state index is 13.8. The molecule has 2 unspecified atom stereocenters. The Hall–Kier alpha value is -1.54. The average Bonchev–Trinajstić information content (AvgIpc) is 3.21. The third kappa shape index (κ3) is 3.02. The van der Waals surface area contributed by atoms with Crippen molar-refractivity contribution in [2.24, 2.45) is 11.8 Å². The number of aliphatic hydroxyl groups excluding tert-OH is 1. The lowest BCUT2D eigenvalue weighted by Gasteiger charge is -2.40. The molecule has 3 saturated heterocycles. The Kier molecular flexibility index (Phi) is 5.82. The zero-order chi connectivity index (χ0) is 21.7. The van der Waals surface area contributed by atoms with Gasteiger partial charge in [-0.25, -0.2) is 0 Å². The van der Waals surface area contributed by atoms with Gasteiger partial charge in [0.15, 0.2) is 0 Å². The quantitative estimate of drug-likeness (QED) is 0.576. The number of nitrogens with zero attached hydrogens (tertiary/aromatic N) is 2. The molecule has 2 bridgehead atoms. The van der Waals surface area contributed by atoms with Crippen molar-refractivity contribution in [3.8, 4) is 0 Å². The number of rotatable bonds is 8. The van der Waals surface area contributed by atoms with E-state index in [9.17, 15) is 24.6 Å². The van der Waals surface area contributed by atoms with Gasteiger partial charge in [-0.05, 0) is 40.0 Å². The molecule has 3 aliphatic heterocycles. The van der Waals surface area contributed by atoms with Gasteiger partial charge in [0.05, 0.1) is 29.2 Å². The molecule has 0 aromatic rings. The molecule has 162 valence electrons. The van der Waals surface area contributed by atoms with Crippen LogP contribution in [0.5, 0.6) is 0 Å². The summed E-state index contributed by atoms with van der Waals surface area (Å²) in [6, 6.07) is -1.36. The number of fused-ring (bicyclic) bond motifs is 1. The monoisotopic (exact) mass is 424 g/mol. The Balaban J connectivity index is 2.15. The summed E-state index contributed by atoms with van der Waals surface area (Å²) < 4.78 is -1.32. The minimum Gasteiger partial charge on any atom is -0.481 e. The van der Waals surface area contributed by atoms with E-state index in [4.69, 9.17) is 0 Å². The number of hydrogen-bond acceptors (Lipinski definition) is 5. The number of aliphatic carboxylic acids is 1. The van der Waals surface area contributed by atoms with Gasteiger partial charge in [0.25, 0.3) is 0 Å². The Morgan fingerprint density at radius 1 is 1.41 bits per heavy atom. The fourth-order valence-corrected chi connectivity index (χ4v) is 8.01. The van der Waals surface area contributed by atoms with Crippen molar-refractivity contribution in [3.63, 3.8) is 0 Å². The van der Waals surface area contributed by atoms with Gasteiger partial charge < -0.3 is 20.0 Å². The van der Waals surface area contributed by atoms with E-state index in [0.717, 1.165) is 0 Å². The van der Waals surface area contributed by atoms with Crippen LogP contribution in [-0.4, -0.2) is 78.6 Å². The van der Waals surface area contributed by atoms with E-state index >= 15 is 0 Å². The topological polar surface area (TPSA) is 98.2 Å². The Morgan fingerprint density at radius 2 is 2.07 bits per heavy atom. The van der Waals surface area contributed by atoms with E-state index < -0.39 is 39.4 Å². The number of aliphatic hydroxyl groups is 1. The standard InChI is InChI=1S/C21H32N2O5S/c1-6-10-22(12(3)4)18(26)16-21-9-8-20(5,29-21)15(19(27)28)14(21)17(25)23(16)13(7-2)11-24/h6,12-16,24H,1,7-11H2,2-5H3,(H,27,28)/t13-,14-,15+,16?,20-,21?/m0/s1. The maximum Gasteiger partial charge on any atom is 0.308 e. The van der Waals surface area contributed by atoms with Crippen LogP contribution in [0.1, 0.15) is 47.0 Å². The van der Waals surface area contributed by atoms with E-state index in [1.165, 1.54) is 16.7 Å². The van der Waals surface area contributed by atoms with Crippen LogP contribution >= 0.6 is 11.8 Å². The van der Waals surface area contributed by atoms with Crippen LogP contribution in [0.2, 0.25) is 0 Å². The molecule has 1 spiro atoms. The van der Waals surface area contributed by atoms with Gasteiger partial charge in [0.2, 0.25) is 11.8 Å². The van der Waals surface area contributed by atoms with Crippen LogP contribution in [0.25, 0.3) is 0 Å². The zero-order valence-electron chi connectivity index (χ0n) is 17.6. The molecule has 2 N–H and O–H groups in total. The normalized spacial score (nSPS) is 36.4. The first-order chi connectivity index (χ1) is 13.6. The van der Waals surface area contributed by atoms with Crippen molar-refractivity contribution in [1.82, 2.24) is 9.80 Å². The Labute approximate surface area is 176 Å². The average molecular weight is 425 g/mol. The van der Waals surface area contributed by atoms with Crippen molar-refractivity contribution in [3.05, 3.63) is 12.7 Å². The molecule has 0 aliphatic carbocycles. The molecule has 3 rings (SSSR count). The molecule has 0 aromatic heterocycles. The number of carbonyl (C=O) groups is 3. The van der Waals surface area contributed by atoms with Crippen molar-refractivity contribution >= 4 is 29.5 Å². The predicted molar refractivity (Wildman–Crippen MR) is 111 cm³/mol. The van der Waals surface area contributed by atoms with Crippen LogP contribution in [0.3, 0.4) is 0 Å². The molecule has 8 heteroatoms.